The van der Waals surface area contributed by atoms with Gasteiger partial charge in [0.2, 0.25) is 11.6 Å². The number of ether oxygens (including phenoxy) is 1. The SMILES string of the molecule is C[C@H](O)c1ccc(Oc2cc(Cl)ccc2[N+](=O)[O-])nc1. The first-order chi connectivity index (χ1) is 9.47. The van der Waals surface area contributed by atoms with E-state index in [9.17, 15) is 15.2 Å². The highest BCUT2D eigenvalue weighted by Crippen LogP contribution is 2.33. The highest BCUT2D eigenvalue weighted by molar-refractivity contribution is 6.30. The second-order valence-corrected chi connectivity index (χ2v) is 4.51. The second kappa shape index (κ2) is 5.85. The quantitative estimate of drug-likeness (QED) is 0.689. The first-order valence-electron chi connectivity index (χ1n) is 5.73. The number of aliphatic hydroxyl groups excluding tert-OH is 1. The Labute approximate surface area is 119 Å². The third-order valence-corrected chi connectivity index (χ3v) is 2.81. The summed E-state index contributed by atoms with van der Waals surface area (Å²) in [6, 6.07) is 7.18. The summed E-state index contributed by atoms with van der Waals surface area (Å²) < 4.78 is 5.37. The van der Waals surface area contributed by atoms with Crippen LogP contribution in [0.5, 0.6) is 11.6 Å². The Kier molecular flexibility index (Phi) is 4.16. The van der Waals surface area contributed by atoms with Crippen molar-refractivity contribution in [3.63, 3.8) is 0 Å². The van der Waals surface area contributed by atoms with Crippen LogP contribution in [-0.4, -0.2) is 15.0 Å². The number of nitro benzene ring substituents is 1. The van der Waals surface area contributed by atoms with E-state index in [-0.39, 0.29) is 17.3 Å². The lowest BCUT2D eigenvalue weighted by Gasteiger charge is -2.07. The number of rotatable bonds is 4. The van der Waals surface area contributed by atoms with Crippen LogP contribution in [0, 0.1) is 10.1 Å². The highest BCUT2D eigenvalue weighted by Gasteiger charge is 2.16. The normalized spacial score (nSPS) is 11.9. The number of halogens is 1. The Balaban J connectivity index is 2.29. The summed E-state index contributed by atoms with van der Waals surface area (Å²) in [5, 5.41) is 20.6. The van der Waals surface area contributed by atoms with Gasteiger partial charge in [0.1, 0.15) is 0 Å². The summed E-state index contributed by atoms with van der Waals surface area (Å²) >= 11 is 5.80. The number of hydrogen-bond acceptors (Lipinski definition) is 5. The topological polar surface area (TPSA) is 85.5 Å². The molecule has 0 aliphatic heterocycles. The molecule has 0 spiro atoms. The number of nitro groups is 1. The Morgan fingerprint density at radius 1 is 1.40 bits per heavy atom. The molecule has 0 saturated carbocycles. The van der Waals surface area contributed by atoms with Gasteiger partial charge in [-0.1, -0.05) is 11.6 Å². The van der Waals surface area contributed by atoms with Gasteiger partial charge < -0.3 is 9.84 Å². The summed E-state index contributed by atoms with van der Waals surface area (Å²) in [4.78, 5) is 14.3. The lowest BCUT2D eigenvalue weighted by Crippen LogP contribution is -1.96. The van der Waals surface area contributed by atoms with Gasteiger partial charge in [0.25, 0.3) is 0 Å². The fraction of sp³-hybridized carbons (Fsp3) is 0.154. The standard InChI is InChI=1S/C13H11ClN2O4/c1-8(17)9-2-5-13(15-7-9)20-12-6-10(14)3-4-11(12)16(18)19/h2-8,17H,1H3/t8-/m0/s1. The van der Waals surface area contributed by atoms with Gasteiger partial charge >= 0.3 is 5.69 Å². The van der Waals surface area contributed by atoms with Crippen LogP contribution in [0.4, 0.5) is 5.69 Å². The highest BCUT2D eigenvalue weighted by atomic mass is 35.5. The molecule has 1 heterocycles. The van der Waals surface area contributed by atoms with Gasteiger partial charge in [-0.3, -0.25) is 10.1 Å². The second-order valence-electron chi connectivity index (χ2n) is 4.08. The van der Waals surface area contributed by atoms with Crippen molar-refractivity contribution in [1.82, 2.24) is 4.98 Å². The minimum absolute atomic E-state index is 0.0137. The monoisotopic (exact) mass is 294 g/mol. The number of aromatic nitrogens is 1. The van der Waals surface area contributed by atoms with Gasteiger partial charge in [-0.25, -0.2) is 4.98 Å². The zero-order chi connectivity index (χ0) is 14.7. The van der Waals surface area contributed by atoms with Crippen molar-refractivity contribution in [3.8, 4) is 11.6 Å². The molecule has 0 amide bonds. The molecule has 1 aromatic heterocycles. The van der Waals surface area contributed by atoms with Gasteiger partial charge in [0.05, 0.1) is 11.0 Å². The predicted octanol–water partition coefficient (Wildman–Crippen LogP) is 3.49. The first kappa shape index (κ1) is 14.2. The molecule has 1 atom stereocenters. The number of pyridine rings is 1. The van der Waals surface area contributed by atoms with Gasteiger partial charge in [-0.15, -0.1) is 0 Å². The number of aliphatic hydroxyl groups is 1. The van der Waals surface area contributed by atoms with E-state index in [1.807, 2.05) is 0 Å². The van der Waals surface area contributed by atoms with E-state index >= 15 is 0 Å². The minimum atomic E-state index is -0.642. The Bertz CT molecular complexity index is 629. The molecule has 0 aliphatic rings. The molecule has 1 N–H and O–H groups in total. The maximum atomic E-state index is 10.9. The van der Waals surface area contributed by atoms with Crippen LogP contribution in [0.2, 0.25) is 5.02 Å². The van der Waals surface area contributed by atoms with E-state index in [1.54, 1.807) is 13.0 Å². The summed E-state index contributed by atoms with van der Waals surface area (Å²) in [5.41, 5.74) is 0.425. The summed E-state index contributed by atoms with van der Waals surface area (Å²) in [6.07, 6.45) is 0.799. The van der Waals surface area contributed by atoms with Crippen LogP contribution in [0.25, 0.3) is 0 Å². The van der Waals surface area contributed by atoms with Gasteiger partial charge in [0.15, 0.2) is 0 Å². The zero-order valence-corrected chi connectivity index (χ0v) is 11.2. The van der Waals surface area contributed by atoms with Crippen molar-refractivity contribution in [3.05, 3.63) is 57.2 Å². The zero-order valence-electron chi connectivity index (χ0n) is 10.5. The number of nitrogens with zero attached hydrogens (tertiary/aromatic N) is 2. The molecule has 0 bridgehead atoms. The van der Waals surface area contributed by atoms with E-state index in [0.717, 1.165) is 0 Å². The first-order valence-corrected chi connectivity index (χ1v) is 6.11. The smallest absolute Gasteiger partial charge is 0.311 e. The number of benzene rings is 1. The average molecular weight is 295 g/mol. The molecule has 0 fully saturated rings. The fourth-order valence-electron chi connectivity index (χ4n) is 1.53. The molecule has 20 heavy (non-hydrogen) atoms. The maximum Gasteiger partial charge on any atom is 0.311 e. The van der Waals surface area contributed by atoms with Crippen LogP contribution in [0.3, 0.4) is 0 Å². The Morgan fingerprint density at radius 3 is 2.70 bits per heavy atom. The molecule has 2 rings (SSSR count). The third kappa shape index (κ3) is 3.23. The molecule has 0 unspecified atom stereocenters. The lowest BCUT2D eigenvalue weighted by atomic mass is 10.2. The molecule has 2 aromatic rings. The van der Waals surface area contributed by atoms with E-state index in [4.69, 9.17) is 16.3 Å². The van der Waals surface area contributed by atoms with Crippen molar-refractivity contribution in [1.29, 1.82) is 0 Å². The molecular weight excluding hydrogens is 284 g/mol. The van der Waals surface area contributed by atoms with Crippen molar-refractivity contribution in [2.75, 3.05) is 0 Å². The molecule has 0 radical (unpaired) electrons. The predicted molar refractivity (Wildman–Crippen MR) is 73.1 cm³/mol. The molecule has 1 aromatic carbocycles. The van der Waals surface area contributed by atoms with Crippen LogP contribution in [-0.2, 0) is 0 Å². The molecule has 104 valence electrons. The Morgan fingerprint density at radius 2 is 2.15 bits per heavy atom. The van der Waals surface area contributed by atoms with Crippen molar-refractivity contribution in [2.24, 2.45) is 0 Å². The van der Waals surface area contributed by atoms with E-state index in [0.29, 0.717) is 10.6 Å². The maximum absolute atomic E-state index is 10.9. The number of hydrogen-bond donors (Lipinski definition) is 1. The molecule has 0 saturated heterocycles. The van der Waals surface area contributed by atoms with Crippen LogP contribution < -0.4 is 4.74 Å². The van der Waals surface area contributed by atoms with Crippen LogP contribution in [0.1, 0.15) is 18.6 Å². The van der Waals surface area contributed by atoms with E-state index < -0.39 is 11.0 Å². The average Bonchev–Trinajstić information content (AvgIpc) is 2.39. The molecule has 7 heteroatoms. The molecular formula is C13H11ClN2O4. The van der Waals surface area contributed by atoms with Crippen LogP contribution in [0.15, 0.2) is 36.5 Å². The van der Waals surface area contributed by atoms with Crippen LogP contribution >= 0.6 is 11.6 Å². The van der Waals surface area contributed by atoms with Crippen molar-refractivity contribution in [2.45, 2.75) is 13.0 Å². The largest absolute Gasteiger partial charge is 0.432 e. The van der Waals surface area contributed by atoms with E-state index in [2.05, 4.69) is 4.98 Å². The fourth-order valence-corrected chi connectivity index (χ4v) is 1.69. The molecule has 0 aliphatic carbocycles. The van der Waals surface area contributed by atoms with Crippen molar-refractivity contribution < 1.29 is 14.8 Å². The Hall–Kier alpha value is -2.18. The van der Waals surface area contributed by atoms with Gasteiger partial charge in [0, 0.05) is 29.4 Å². The third-order valence-electron chi connectivity index (χ3n) is 2.57. The summed E-state index contributed by atoms with van der Waals surface area (Å²) in [7, 11) is 0. The van der Waals surface area contributed by atoms with Gasteiger partial charge in [-0.2, -0.15) is 0 Å². The van der Waals surface area contributed by atoms with E-state index in [1.165, 1.54) is 30.5 Å². The minimum Gasteiger partial charge on any atom is -0.432 e. The lowest BCUT2D eigenvalue weighted by molar-refractivity contribution is -0.385. The van der Waals surface area contributed by atoms with Gasteiger partial charge in [-0.05, 0) is 24.6 Å². The summed E-state index contributed by atoms with van der Waals surface area (Å²) in [6.45, 7) is 1.61. The van der Waals surface area contributed by atoms with Crippen molar-refractivity contribution >= 4 is 17.3 Å². The molecule has 6 nitrogen and oxygen atoms in total. The summed E-state index contributed by atoms with van der Waals surface area (Å²) in [5.74, 6) is 0.194.